The number of rotatable bonds is 7. The molecule has 2 N–H and O–H groups in total. The Morgan fingerprint density at radius 2 is 1.63 bits per heavy atom. The molecule has 0 aliphatic rings. The van der Waals surface area contributed by atoms with E-state index in [2.05, 4.69) is 29.1 Å². The van der Waals surface area contributed by atoms with Gasteiger partial charge in [-0.1, -0.05) is 12.5 Å². The Morgan fingerprint density at radius 3 is 1.96 bits per heavy atom. The van der Waals surface area contributed by atoms with Crippen molar-refractivity contribution in [3.63, 3.8) is 0 Å². The van der Waals surface area contributed by atoms with Gasteiger partial charge in [0.2, 0.25) is 0 Å². The average molecular weight is 371 g/mol. The van der Waals surface area contributed by atoms with Crippen LogP contribution < -0.4 is 5.32 Å². The first-order valence-corrected chi connectivity index (χ1v) is 9.25. The summed E-state index contributed by atoms with van der Waals surface area (Å²) in [6.07, 6.45) is 2.37. The highest BCUT2D eigenvalue weighted by atomic mass is 16.1. The fraction of sp³-hybridized carbons (Fsp3) is 0.478. The average Bonchev–Trinajstić information content (AvgIpc) is 2.92. The Labute approximate surface area is 164 Å². The van der Waals surface area contributed by atoms with Crippen molar-refractivity contribution in [2.75, 3.05) is 0 Å². The van der Waals surface area contributed by atoms with Gasteiger partial charge in [0.1, 0.15) is 0 Å². The van der Waals surface area contributed by atoms with Crippen LogP contribution in [0.25, 0.3) is 0 Å². The third kappa shape index (κ3) is 7.30. The summed E-state index contributed by atoms with van der Waals surface area (Å²) < 4.78 is 0. The summed E-state index contributed by atoms with van der Waals surface area (Å²) >= 11 is 0. The highest BCUT2D eigenvalue weighted by Gasteiger charge is 2.16. The molecule has 1 rings (SSSR count). The fourth-order valence-electron chi connectivity index (χ4n) is 2.71. The van der Waals surface area contributed by atoms with E-state index in [1.165, 1.54) is 5.56 Å². The maximum absolute atomic E-state index is 11.8. The Morgan fingerprint density at radius 1 is 1.07 bits per heavy atom. The minimum absolute atomic E-state index is 0.0238. The number of nitrogens with one attached hydrogen (secondary N) is 2. The number of ketones is 1. The summed E-state index contributed by atoms with van der Waals surface area (Å²) in [5, 5.41) is 3.30. The molecule has 1 aromatic heterocycles. The van der Waals surface area contributed by atoms with Crippen LogP contribution in [0.15, 0.2) is 22.5 Å². The smallest absolute Gasteiger partial charge is 0.175 e. The number of hydrogen-bond donors (Lipinski definition) is 2. The van der Waals surface area contributed by atoms with E-state index in [0.717, 1.165) is 40.8 Å². The zero-order valence-electron chi connectivity index (χ0n) is 18.3. The van der Waals surface area contributed by atoms with Crippen LogP contribution in [0, 0.1) is 18.8 Å². The maximum atomic E-state index is 11.8. The molecule has 148 valence electrons. The van der Waals surface area contributed by atoms with E-state index >= 15 is 0 Å². The van der Waals surface area contributed by atoms with Crippen molar-refractivity contribution in [1.29, 1.82) is 0 Å². The van der Waals surface area contributed by atoms with Gasteiger partial charge < -0.3 is 10.3 Å². The molecule has 4 heteroatoms. The van der Waals surface area contributed by atoms with Crippen molar-refractivity contribution in [3.05, 3.63) is 45.1 Å². The van der Waals surface area contributed by atoms with Gasteiger partial charge in [0, 0.05) is 24.7 Å². The van der Waals surface area contributed by atoms with Crippen LogP contribution in [-0.4, -0.2) is 17.1 Å². The molecule has 27 heavy (non-hydrogen) atoms. The molecular weight excluding hydrogens is 336 g/mol. The first kappa shape index (κ1) is 24.5. The highest BCUT2D eigenvalue weighted by Crippen LogP contribution is 2.22. The van der Waals surface area contributed by atoms with E-state index in [1.807, 2.05) is 48.5 Å². The van der Waals surface area contributed by atoms with Crippen LogP contribution in [0.5, 0.6) is 0 Å². The van der Waals surface area contributed by atoms with E-state index in [-0.39, 0.29) is 5.78 Å². The minimum Gasteiger partial charge on any atom is -0.356 e. The standard InChI is InChI=1S/C19H28N2O2.C4H6/c1-8-15-13(6)18(10-22)20-17(15)9-16(11(2)3)21-19(12(4)5)14(7)23;1-3-4-2/h10,20-21H,8-9H2,1-7H3;1-2H3. The van der Waals surface area contributed by atoms with E-state index in [0.29, 0.717) is 17.8 Å². The molecule has 0 atom stereocenters. The van der Waals surface area contributed by atoms with Crippen molar-refractivity contribution in [3.8, 4) is 11.8 Å². The molecular formula is C23H34N2O2. The number of aldehydes is 1. The van der Waals surface area contributed by atoms with Gasteiger partial charge in [-0.15, -0.1) is 11.8 Å². The van der Waals surface area contributed by atoms with Gasteiger partial charge in [0.25, 0.3) is 0 Å². The summed E-state index contributed by atoms with van der Waals surface area (Å²) in [5.41, 5.74) is 7.57. The van der Waals surface area contributed by atoms with Crippen molar-refractivity contribution in [2.24, 2.45) is 0 Å². The molecule has 0 radical (unpaired) electrons. The highest BCUT2D eigenvalue weighted by molar-refractivity contribution is 5.93. The first-order chi connectivity index (χ1) is 12.6. The summed E-state index contributed by atoms with van der Waals surface area (Å²) in [6.45, 7) is 17.1. The van der Waals surface area contributed by atoms with Crippen LogP contribution in [0.1, 0.15) is 82.7 Å². The number of H-pyrrole nitrogens is 1. The van der Waals surface area contributed by atoms with Crippen molar-refractivity contribution < 1.29 is 9.59 Å². The lowest BCUT2D eigenvalue weighted by molar-refractivity contribution is -0.113. The van der Waals surface area contributed by atoms with Crippen LogP contribution in [0.3, 0.4) is 0 Å². The predicted molar refractivity (Wildman–Crippen MR) is 114 cm³/mol. The Balaban J connectivity index is 0.00000153. The van der Waals surface area contributed by atoms with Gasteiger partial charge in [-0.2, -0.15) is 0 Å². The largest absolute Gasteiger partial charge is 0.356 e. The molecule has 1 aromatic rings. The van der Waals surface area contributed by atoms with Crippen molar-refractivity contribution in [2.45, 2.75) is 75.2 Å². The van der Waals surface area contributed by atoms with Gasteiger partial charge >= 0.3 is 0 Å². The van der Waals surface area contributed by atoms with Gasteiger partial charge in [-0.3, -0.25) is 9.59 Å². The molecule has 0 unspecified atom stereocenters. The number of carbonyl (C=O) groups excluding carboxylic acids is 2. The second kappa shape index (κ2) is 12.0. The lowest BCUT2D eigenvalue weighted by Gasteiger charge is -2.16. The van der Waals surface area contributed by atoms with Crippen LogP contribution >= 0.6 is 0 Å². The minimum atomic E-state index is 0.0238. The maximum Gasteiger partial charge on any atom is 0.175 e. The van der Waals surface area contributed by atoms with Crippen molar-refractivity contribution >= 4 is 12.1 Å². The molecule has 0 amide bonds. The molecule has 0 aliphatic heterocycles. The zero-order valence-corrected chi connectivity index (χ0v) is 18.3. The normalized spacial score (nSPS) is 9.22. The molecule has 0 aliphatic carbocycles. The van der Waals surface area contributed by atoms with Crippen LogP contribution in [-0.2, 0) is 17.6 Å². The van der Waals surface area contributed by atoms with Gasteiger partial charge in [0.05, 0.1) is 11.4 Å². The molecule has 0 fully saturated rings. The fourth-order valence-corrected chi connectivity index (χ4v) is 2.71. The van der Waals surface area contributed by atoms with E-state index < -0.39 is 0 Å². The Bertz CT molecular complexity index is 782. The molecule has 0 saturated heterocycles. The quantitative estimate of drug-likeness (QED) is 0.402. The number of allylic oxidation sites excluding steroid dienone is 4. The molecule has 0 bridgehead atoms. The third-order valence-electron chi connectivity index (χ3n) is 4.31. The third-order valence-corrected chi connectivity index (χ3v) is 4.31. The predicted octanol–water partition coefficient (Wildman–Crippen LogP) is 5.04. The Hall–Kier alpha value is -2.54. The van der Waals surface area contributed by atoms with E-state index in [4.69, 9.17) is 0 Å². The lowest BCUT2D eigenvalue weighted by Crippen LogP contribution is -2.22. The van der Waals surface area contributed by atoms with Crippen LogP contribution in [0.2, 0.25) is 0 Å². The number of hydrogen-bond acceptors (Lipinski definition) is 3. The summed E-state index contributed by atoms with van der Waals surface area (Å²) in [7, 11) is 0. The molecule has 4 nitrogen and oxygen atoms in total. The molecule has 0 aromatic carbocycles. The molecule has 0 spiro atoms. The topological polar surface area (TPSA) is 62.0 Å². The Kier molecular flexibility index (Phi) is 10.8. The number of carbonyl (C=O) groups is 2. The summed E-state index contributed by atoms with van der Waals surface area (Å²) in [5.74, 6) is 5.38. The molecule has 1 heterocycles. The number of Topliss-reactive ketones (excluding diaryl/α,β-unsaturated/α-hetero) is 1. The van der Waals surface area contributed by atoms with Crippen molar-refractivity contribution in [1.82, 2.24) is 10.3 Å². The van der Waals surface area contributed by atoms with Gasteiger partial charge in [0.15, 0.2) is 12.1 Å². The van der Waals surface area contributed by atoms with Gasteiger partial charge in [-0.25, -0.2) is 0 Å². The second-order valence-corrected chi connectivity index (χ2v) is 6.80. The SMILES string of the molecule is CC#CC.CCc1c(CC(NC(C(C)=O)=C(C)C)=C(C)C)[nH]c(C=O)c1C. The lowest BCUT2D eigenvalue weighted by atomic mass is 10.0. The van der Waals surface area contributed by atoms with E-state index in [9.17, 15) is 9.59 Å². The van der Waals surface area contributed by atoms with Crippen LogP contribution in [0.4, 0.5) is 0 Å². The monoisotopic (exact) mass is 370 g/mol. The number of aromatic nitrogens is 1. The summed E-state index contributed by atoms with van der Waals surface area (Å²) in [4.78, 5) is 26.2. The summed E-state index contributed by atoms with van der Waals surface area (Å²) in [6, 6.07) is 0. The second-order valence-electron chi connectivity index (χ2n) is 6.80. The first-order valence-electron chi connectivity index (χ1n) is 9.25. The van der Waals surface area contributed by atoms with E-state index in [1.54, 1.807) is 6.92 Å². The zero-order chi connectivity index (χ0) is 21.1. The number of aromatic amines is 1. The molecule has 0 saturated carbocycles. The van der Waals surface area contributed by atoms with Gasteiger partial charge in [-0.05, 0) is 71.6 Å².